The van der Waals surface area contributed by atoms with Crippen molar-refractivity contribution in [3.05, 3.63) is 59.7 Å². The Morgan fingerprint density at radius 2 is 1.70 bits per heavy atom. The molecule has 0 spiro atoms. The first-order valence-corrected chi connectivity index (χ1v) is 11.6. The molecule has 2 aromatic carbocycles. The SMILES string of the molecule is CCCCC(NC(=O)[C@@H]1C[C@@H]1CNC(=O)OCC1c2ccccc2-c2ccccc21)C(=O)O. The number of benzene rings is 2. The minimum absolute atomic E-state index is 0.00123. The quantitative estimate of drug-likeness (QED) is 0.509. The zero-order valence-corrected chi connectivity index (χ0v) is 18.8. The Kier molecular flexibility index (Phi) is 6.96. The molecule has 0 radical (unpaired) electrons. The second-order valence-corrected chi connectivity index (χ2v) is 8.85. The van der Waals surface area contributed by atoms with Gasteiger partial charge in [-0.2, -0.15) is 0 Å². The number of alkyl carbamates (subject to hydrolysis) is 1. The number of aliphatic carboxylic acids is 1. The molecular weight excluding hydrogens is 420 g/mol. The van der Waals surface area contributed by atoms with Crippen molar-refractivity contribution in [2.75, 3.05) is 13.2 Å². The van der Waals surface area contributed by atoms with Gasteiger partial charge in [0.1, 0.15) is 12.6 Å². The van der Waals surface area contributed by atoms with Crippen molar-refractivity contribution in [1.82, 2.24) is 10.6 Å². The number of carbonyl (C=O) groups is 3. The first-order valence-electron chi connectivity index (χ1n) is 11.6. The Hall–Kier alpha value is -3.35. The van der Waals surface area contributed by atoms with Gasteiger partial charge in [0.15, 0.2) is 0 Å². The van der Waals surface area contributed by atoms with Gasteiger partial charge in [0.2, 0.25) is 5.91 Å². The molecule has 3 N–H and O–H groups in total. The van der Waals surface area contributed by atoms with Gasteiger partial charge in [0, 0.05) is 18.4 Å². The van der Waals surface area contributed by atoms with Crippen LogP contribution in [0.5, 0.6) is 0 Å². The van der Waals surface area contributed by atoms with Gasteiger partial charge in [0.05, 0.1) is 0 Å². The summed E-state index contributed by atoms with van der Waals surface area (Å²) in [6, 6.07) is 15.5. The predicted molar refractivity (Wildman–Crippen MR) is 124 cm³/mol. The average Bonchev–Trinajstić information content (AvgIpc) is 3.54. The lowest BCUT2D eigenvalue weighted by molar-refractivity contribution is -0.142. The van der Waals surface area contributed by atoms with Crippen LogP contribution >= 0.6 is 0 Å². The van der Waals surface area contributed by atoms with E-state index in [1.165, 1.54) is 11.1 Å². The minimum Gasteiger partial charge on any atom is -0.480 e. The third-order valence-electron chi connectivity index (χ3n) is 6.57. The van der Waals surface area contributed by atoms with Crippen LogP contribution in [0.2, 0.25) is 0 Å². The molecule has 174 valence electrons. The molecule has 0 saturated heterocycles. The van der Waals surface area contributed by atoms with E-state index < -0.39 is 18.1 Å². The summed E-state index contributed by atoms with van der Waals surface area (Å²) in [5.74, 6) is -1.52. The normalized spacial score (nSPS) is 19.2. The molecule has 0 aromatic heterocycles. The highest BCUT2D eigenvalue weighted by atomic mass is 16.5. The van der Waals surface area contributed by atoms with Gasteiger partial charge >= 0.3 is 12.1 Å². The smallest absolute Gasteiger partial charge is 0.407 e. The molecule has 7 heteroatoms. The van der Waals surface area contributed by atoms with Crippen LogP contribution in [0.1, 0.15) is 49.7 Å². The number of nitrogens with one attached hydrogen (secondary N) is 2. The van der Waals surface area contributed by atoms with E-state index in [4.69, 9.17) is 4.74 Å². The molecule has 1 fully saturated rings. The lowest BCUT2D eigenvalue weighted by Crippen LogP contribution is -2.42. The van der Waals surface area contributed by atoms with Crippen LogP contribution in [0.4, 0.5) is 4.79 Å². The summed E-state index contributed by atoms with van der Waals surface area (Å²) >= 11 is 0. The number of amides is 2. The highest BCUT2D eigenvalue weighted by Crippen LogP contribution is 2.44. The molecule has 7 nitrogen and oxygen atoms in total. The molecule has 1 unspecified atom stereocenters. The van der Waals surface area contributed by atoms with Crippen LogP contribution in [0.3, 0.4) is 0 Å². The van der Waals surface area contributed by atoms with E-state index in [-0.39, 0.29) is 30.3 Å². The molecule has 0 bridgehead atoms. The maximum Gasteiger partial charge on any atom is 0.407 e. The van der Waals surface area contributed by atoms with Gasteiger partial charge in [-0.05, 0) is 41.0 Å². The maximum atomic E-state index is 12.4. The highest BCUT2D eigenvalue weighted by molar-refractivity contribution is 5.86. The molecule has 33 heavy (non-hydrogen) atoms. The Labute approximate surface area is 193 Å². The van der Waals surface area contributed by atoms with E-state index in [0.717, 1.165) is 24.0 Å². The van der Waals surface area contributed by atoms with E-state index in [9.17, 15) is 19.5 Å². The van der Waals surface area contributed by atoms with E-state index in [2.05, 4.69) is 34.9 Å². The van der Waals surface area contributed by atoms with Crippen molar-refractivity contribution in [1.29, 1.82) is 0 Å². The molecule has 4 rings (SSSR count). The molecule has 0 aliphatic heterocycles. The first-order chi connectivity index (χ1) is 16.0. The van der Waals surface area contributed by atoms with E-state index in [0.29, 0.717) is 19.4 Å². The van der Waals surface area contributed by atoms with Crippen molar-refractivity contribution in [3.63, 3.8) is 0 Å². The summed E-state index contributed by atoms with van der Waals surface area (Å²) in [6.45, 7) is 2.56. The number of hydrogen-bond donors (Lipinski definition) is 3. The van der Waals surface area contributed by atoms with Crippen LogP contribution in [0.15, 0.2) is 48.5 Å². The number of fused-ring (bicyclic) bond motifs is 3. The van der Waals surface area contributed by atoms with Crippen molar-refractivity contribution in [2.24, 2.45) is 11.8 Å². The van der Waals surface area contributed by atoms with Gasteiger partial charge in [-0.15, -0.1) is 0 Å². The number of ether oxygens (including phenoxy) is 1. The van der Waals surface area contributed by atoms with E-state index in [1.54, 1.807) is 0 Å². The summed E-state index contributed by atoms with van der Waals surface area (Å²) in [5.41, 5.74) is 4.66. The largest absolute Gasteiger partial charge is 0.480 e. The Balaban J connectivity index is 1.24. The molecular formula is C26H30N2O5. The van der Waals surface area contributed by atoms with Crippen LogP contribution in [0.25, 0.3) is 11.1 Å². The fraction of sp³-hybridized carbons (Fsp3) is 0.423. The van der Waals surface area contributed by atoms with Gasteiger partial charge in [-0.3, -0.25) is 4.79 Å². The number of carboxylic acids is 1. The lowest BCUT2D eigenvalue weighted by Gasteiger charge is -2.15. The second kappa shape index (κ2) is 10.1. The number of rotatable bonds is 10. The van der Waals surface area contributed by atoms with Gasteiger partial charge < -0.3 is 20.5 Å². The van der Waals surface area contributed by atoms with Crippen molar-refractivity contribution < 1.29 is 24.2 Å². The first kappa shape index (κ1) is 22.8. The average molecular weight is 451 g/mol. The fourth-order valence-corrected chi connectivity index (χ4v) is 4.60. The van der Waals surface area contributed by atoms with Crippen molar-refractivity contribution in [2.45, 2.75) is 44.6 Å². The monoisotopic (exact) mass is 450 g/mol. The van der Waals surface area contributed by atoms with Crippen LogP contribution in [0, 0.1) is 11.8 Å². The zero-order chi connectivity index (χ0) is 23.4. The van der Waals surface area contributed by atoms with Crippen molar-refractivity contribution >= 4 is 18.0 Å². The molecule has 2 aliphatic rings. The van der Waals surface area contributed by atoms with E-state index >= 15 is 0 Å². The number of unbranched alkanes of at least 4 members (excludes halogenated alkanes) is 1. The van der Waals surface area contributed by atoms with Gasteiger partial charge in [0.25, 0.3) is 0 Å². The van der Waals surface area contributed by atoms with Crippen LogP contribution in [-0.4, -0.2) is 42.3 Å². The molecule has 2 aromatic rings. The predicted octanol–water partition coefficient (Wildman–Crippen LogP) is 3.92. The fourth-order valence-electron chi connectivity index (χ4n) is 4.60. The Morgan fingerprint density at radius 3 is 2.30 bits per heavy atom. The molecule has 2 aliphatic carbocycles. The number of hydrogen-bond acceptors (Lipinski definition) is 4. The standard InChI is InChI=1S/C26H30N2O5/c1-2-3-12-23(25(30)31)28-24(29)21-13-16(21)14-27-26(32)33-15-22-19-10-6-4-8-17(19)18-9-5-7-11-20(18)22/h4-11,16,21-23H,2-3,12-15H2,1H3,(H,27,32)(H,28,29)(H,30,31)/t16-,21-,23?/m1/s1. The van der Waals surface area contributed by atoms with Crippen LogP contribution < -0.4 is 10.6 Å². The minimum atomic E-state index is -1.01. The van der Waals surface area contributed by atoms with Gasteiger partial charge in [-0.25, -0.2) is 9.59 Å². The van der Waals surface area contributed by atoms with E-state index in [1.807, 2.05) is 31.2 Å². The summed E-state index contributed by atoms with van der Waals surface area (Å²) in [7, 11) is 0. The molecule has 3 atom stereocenters. The summed E-state index contributed by atoms with van der Waals surface area (Å²) in [5, 5.41) is 14.7. The summed E-state index contributed by atoms with van der Waals surface area (Å²) < 4.78 is 5.53. The lowest BCUT2D eigenvalue weighted by atomic mass is 9.98. The number of carboxylic acid groups (broad SMARTS) is 1. The third-order valence-corrected chi connectivity index (χ3v) is 6.57. The summed E-state index contributed by atoms with van der Waals surface area (Å²) in [4.78, 5) is 36.0. The van der Waals surface area contributed by atoms with Gasteiger partial charge in [-0.1, -0.05) is 68.3 Å². The molecule has 0 heterocycles. The number of carbonyl (C=O) groups excluding carboxylic acids is 2. The topological polar surface area (TPSA) is 105 Å². The van der Waals surface area contributed by atoms with Crippen molar-refractivity contribution in [3.8, 4) is 11.1 Å². The Bertz CT molecular complexity index is 991. The molecule has 2 amide bonds. The van der Waals surface area contributed by atoms with Crippen LogP contribution in [-0.2, 0) is 14.3 Å². The maximum absolute atomic E-state index is 12.4. The second-order valence-electron chi connectivity index (χ2n) is 8.85. The third kappa shape index (κ3) is 5.18. The molecule has 1 saturated carbocycles. The zero-order valence-electron chi connectivity index (χ0n) is 18.8. The Morgan fingerprint density at radius 1 is 1.06 bits per heavy atom. The highest BCUT2D eigenvalue weighted by Gasteiger charge is 2.44. The summed E-state index contributed by atoms with van der Waals surface area (Å²) in [6.07, 6.45) is 2.17.